The fraction of sp³-hybridized carbons (Fsp3) is 0.400. The highest BCUT2D eigenvalue weighted by Crippen LogP contribution is 2.42. The lowest BCUT2D eigenvalue weighted by molar-refractivity contribution is -0.137. The molecule has 3 aliphatic rings. The van der Waals surface area contributed by atoms with Gasteiger partial charge in [-0.15, -0.1) is 0 Å². The van der Waals surface area contributed by atoms with Crippen LogP contribution in [0.1, 0.15) is 53.2 Å². The number of anilines is 2. The van der Waals surface area contributed by atoms with E-state index in [1.54, 1.807) is 29.2 Å². The first kappa shape index (κ1) is 23.2. The van der Waals surface area contributed by atoms with Crippen LogP contribution in [0, 0.1) is 0 Å². The molecule has 7 nitrogen and oxygen atoms in total. The highest BCUT2D eigenvalue weighted by atomic mass is 19.4. The largest absolute Gasteiger partial charge is 0.416 e. The second-order valence-electron chi connectivity index (χ2n) is 9.12. The van der Waals surface area contributed by atoms with E-state index >= 15 is 0 Å². The minimum absolute atomic E-state index is 0.00685. The van der Waals surface area contributed by atoms with Crippen molar-refractivity contribution in [1.29, 1.82) is 0 Å². The third-order valence-electron chi connectivity index (χ3n) is 6.65. The van der Waals surface area contributed by atoms with Crippen LogP contribution >= 0.6 is 0 Å². The Morgan fingerprint density at radius 3 is 2.43 bits per heavy atom. The number of nitrogens with one attached hydrogen (secondary N) is 2. The van der Waals surface area contributed by atoms with Crippen molar-refractivity contribution < 1.29 is 27.6 Å². The second kappa shape index (κ2) is 8.90. The first-order valence-corrected chi connectivity index (χ1v) is 11.7. The van der Waals surface area contributed by atoms with Crippen LogP contribution in [0.15, 0.2) is 42.5 Å². The van der Waals surface area contributed by atoms with E-state index in [4.69, 9.17) is 0 Å². The van der Waals surface area contributed by atoms with Crippen molar-refractivity contribution in [2.45, 2.75) is 43.9 Å². The lowest BCUT2D eigenvalue weighted by atomic mass is 10.0. The summed E-state index contributed by atoms with van der Waals surface area (Å²) < 4.78 is 39.9. The van der Waals surface area contributed by atoms with Crippen molar-refractivity contribution in [2.24, 2.45) is 0 Å². The molecule has 1 unspecified atom stereocenters. The summed E-state index contributed by atoms with van der Waals surface area (Å²) in [5.41, 5.74) is 0.785. The van der Waals surface area contributed by atoms with Crippen molar-refractivity contribution in [2.75, 3.05) is 29.9 Å². The summed E-state index contributed by atoms with van der Waals surface area (Å²) in [5, 5.41) is 5.12. The average Bonchev–Trinajstić information content (AvgIpc) is 3.42. The zero-order valence-electron chi connectivity index (χ0n) is 18.9. The highest BCUT2D eigenvalue weighted by molar-refractivity contribution is 6.06. The smallest absolute Gasteiger partial charge is 0.370 e. The van der Waals surface area contributed by atoms with Crippen molar-refractivity contribution in [3.05, 3.63) is 59.2 Å². The van der Waals surface area contributed by atoms with Gasteiger partial charge in [-0.25, -0.2) is 0 Å². The van der Waals surface area contributed by atoms with Gasteiger partial charge >= 0.3 is 6.18 Å². The van der Waals surface area contributed by atoms with Crippen LogP contribution in [0.4, 0.5) is 24.5 Å². The Bertz CT molecular complexity index is 1170. The van der Waals surface area contributed by atoms with Gasteiger partial charge in [-0.05, 0) is 55.5 Å². The first-order valence-electron chi connectivity index (χ1n) is 11.7. The van der Waals surface area contributed by atoms with Crippen molar-refractivity contribution >= 4 is 29.1 Å². The molecule has 10 heteroatoms. The van der Waals surface area contributed by atoms with E-state index < -0.39 is 36.1 Å². The number of carbonyl (C=O) groups excluding carboxylic acids is 3. The van der Waals surface area contributed by atoms with Gasteiger partial charge < -0.3 is 20.4 Å². The topological polar surface area (TPSA) is 81.8 Å². The molecule has 0 spiro atoms. The highest BCUT2D eigenvalue weighted by Gasteiger charge is 2.47. The van der Waals surface area contributed by atoms with Crippen molar-refractivity contribution in [3.63, 3.8) is 0 Å². The molecule has 1 aliphatic carbocycles. The molecule has 2 aromatic rings. The van der Waals surface area contributed by atoms with Crippen LogP contribution in [0.5, 0.6) is 0 Å². The third kappa shape index (κ3) is 4.56. The van der Waals surface area contributed by atoms with E-state index in [-0.39, 0.29) is 17.6 Å². The fourth-order valence-corrected chi connectivity index (χ4v) is 4.84. The molecule has 2 aromatic carbocycles. The Hall–Kier alpha value is -3.56. The number of rotatable bonds is 6. The molecule has 184 valence electrons. The van der Waals surface area contributed by atoms with Gasteiger partial charge in [-0.2, -0.15) is 13.2 Å². The van der Waals surface area contributed by atoms with Crippen LogP contribution in [0.25, 0.3) is 0 Å². The first-order chi connectivity index (χ1) is 16.7. The molecule has 1 atom stereocenters. The van der Waals surface area contributed by atoms with Gasteiger partial charge in [0.25, 0.3) is 5.91 Å². The van der Waals surface area contributed by atoms with Gasteiger partial charge in [0.15, 0.2) is 0 Å². The minimum atomic E-state index is -4.55. The van der Waals surface area contributed by atoms with E-state index in [0.717, 1.165) is 37.8 Å². The van der Waals surface area contributed by atoms with Crippen LogP contribution in [-0.4, -0.2) is 48.3 Å². The van der Waals surface area contributed by atoms with Gasteiger partial charge in [0.05, 0.1) is 23.5 Å². The number of fused-ring (bicyclic) bond motifs is 1. The number of halogens is 3. The molecule has 2 fully saturated rings. The average molecular weight is 486 g/mol. The molecule has 1 saturated heterocycles. The molecule has 0 aromatic heterocycles. The molecule has 2 heterocycles. The molecule has 2 aliphatic heterocycles. The van der Waals surface area contributed by atoms with Crippen LogP contribution in [-0.2, 0) is 15.8 Å². The Balaban J connectivity index is 1.30. The standard InChI is InChI=1S/C25H25F3N4O3/c26-25(27,28)15-7-10-20(31-11-3-4-12-31)19(13-15)30-21(33)14-29-23(34)22-17-5-1-2-6-18(17)24(35)32(22)16-8-9-16/h1-2,5-7,10,13,16,22H,3-4,8-9,11-12,14H2,(H,29,34)(H,30,33). The molecular weight excluding hydrogens is 461 g/mol. The molecule has 1 saturated carbocycles. The van der Waals surface area contributed by atoms with Crippen LogP contribution in [0.2, 0.25) is 0 Å². The number of hydrogen-bond donors (Lipinski definition) is 2. The summed E-state index contributed by atoms with van der Waals surface area (Å²) in [6.45, 7) is 0.952. The van der Waals surface area contributed by atoms with Crippen LogP contribution < -0.4 is 15.5 Å². The molecule has 0 radical (unpaired) electrons. The van der Waals surface area contributed by atoms with Gasteiger partial charge in [-0.1, -0.05) is 18.2 Å². The van der Waals surface area contributed by atoms with Crippen molar-refractivity contribution in [1.82, 2.24) is 10.2 Å². The van der Waals surface area contributed by atoms with Gasteiger partial charge in [0.1, 0.15) is 6.04 Å². The summed E-state index contributed by atoms with van der Waals surface area (Å²) in [7, 11) is 0. The number of amides is 3. The molecule has 35 heavy (non-hydrogen) atoms. The van der Waals surface area contributed by atoms with Gasteiger partial charge in [0, 0.05) is 24.7 Å². The van der Waals surface area contributed by atoms with Crippen LogP contribution in [0.3, 0.4) is 0 Å². The Morgan fingerprint density at radius 2 is 1.74 bits per heavy atom. The lowest BCUT2D eigenvalue weighted by Crippen LogP contribution is -2.42. The van der Waals surface area contributed by atoms with E-state index in [1.807, 2.05) is 4.90 Å². The van der Waals surface area contributed by atoms with Gasteiger partial charge in [-0.3, -0.25) is 14.4 Å². The Labute approximate surface area is 200 Å². The fourth-order valence-electron chi connectivity index (χ4n) is 4.84. The van der Waals surface area contributed by atoms with E-state index in [0.29, 0.717) is 29.9 Å². The predicted octanol–water partition coefficient (Wildman–Crippen LogP) is 3.72. The molecule has 5 rings (SSSR count). The SMILES string of the molecule is O=C(CNC(=O)C1c2ccccc2C(=O)N1C1CC1)Nc1cc(C(F)(F)F)ccc1N1CCCC1. The number of nitrogens with zero attached hydrogens (tertiary/aromatic N) is 2. The van der Waals surface area contributed by atoms with E-state index in [9.17, 15) is 27.6 Å². The summed E-state index contributed by atoms with van der Waals surface area (Å²) in [6, 6.07) is 9.37. The number of hydrogen-bond acceptors (Lipinski definition) is 4. The van der Waals surface area contributed by atoms with E-state index in [2.05, 4.69) is 10.6 Å². The third-order valence-corrected chi connectivity index (χ3v) is 6.65. The van der Waals surface area contributed by atoms with E-state index in [1.165, 1.54) is 6.07 Å². The normalized spacial score (nSPS) is 19.6. The summed E-state index contributed by atoms with van der Waals surface area (Å²) in [4.78, 5) is 42.1. The number of alkyl halides is 3. The summed E-state index contributed by atoms with van der Waals surface area (Å²) in [5.74, 6) is -1.34. The maximum atomic E-state index is 13.3. The maximum absolute atomic E-state index is 13.3. The monoisotopic (exact) mass is 486 g/mol. The predicted molar refractivity (Wildman–Crippen MR) is 123 cm³/mol. The molecule has 3 amide bonds. The maximum Gasteiger partial charge on any atom is 0.416 e. The molecule has 0 bridgehead atoms. The number of benzene rings is 2. The summed E-state index contributed by atoms with van der Waals surface area (Å²) in [6.07, 6.45) is -1.07. The molecule has 2 N–H and O–H groups in total. The Kier molecular flexibility index (Phi) is 5.90. The minimum Gasteiger partial charge on any atom is -0.370 e. The van der Waals surface area contributed by atoms with Gasteiger partial charge in [0.2, 0.25) is 11.8 Å². The Morgan fingerprint density at radius 1 is 1.03 bits per heavy atom. The zero-order chi connectivity index (χ0) is 24.7. The number of carbonyl (C=O) groups is 3. The second-order valence-corrected chi connectivity index (χ2v) is 9.12. The quantitative estimate of drug-likeness (QED) is 0.652. The lowest BCUT2D eigenvalue weighted by Gasteiger charge is -2.25. The molecular formula is C25H25F3N4O3. The zero-order valence-corrected chi connectivity index (χ0v) is 18.9. The summed E-state index contributed by atoms with van der Waals surface area (Å²) >= 11 is 0. The van der Waals surface area contributed by atoms with Crippen molar-refractivity contribution in [3.8, 4) is 0 Å².